The van der Waals surface area contributed by atoms with Gasteiger partial charge < -0.3 is 10.6 Å². The Bertz CT molecular complexity index is 501. The lowest BCUT2D eigenvalue weighted by atomic mass is 10.1. The lowest BCUT2D eigenvalue weighted by Gasteiger charge is -2.12. The molecule has 2 amide bonds. The highest BCUT2D eigenvalue weighted by Gasteiger charge is 2.24. The molecule has 2 fully saturated rings. The molecular formula is C17H23N3O2. The van der Waals surface area contributed by atoms with Crippen LogP contribution in [-0.2, 0) is 9.59 Å². The lowest BCUT2D eigenvalue weighted by Crippen LogP contribution is -2.23. The highest BCUT2D eigenvalue weighted by atomic mass is 16.2. The first-order valence-corrected chi connectivity index (χ1v) is 8.31. The average Bonchev–Trinajstić information content (AvgIpc) is 3.21. The number of aromatic nitrogens is 1. The number of amides is 2. The maximum absolute atomic E-state index is 12.1. The second-order valence-electron chi connectivity index (χ2n) is 6.35. The molecule has 2 N–H and O–H groups in total. The largest absolute Gasteiger partial charge is 0.310 e. The Balaban J connectivity index is 1.59. The molecule has 2 aliphatic rings. The maximum Gasteiger partial charge on any atom is 0.228 e. The number of pyridine rings is 1. The summed E-state index contributed by atoms with van der Waals surface area (Å²) in [6.07, 6.45) is 8.36. The van der Waals surface area contributed by atoms with Crippen molar-refractivity contribution in [3.8, 4) is 0 Å². The van der Waals surface area contributed by atoms with Crippen molar-refractivity contribution in [2.24, 2.45) is 11.8 Å². The van der Waals surface area contributed by atoms with Crippen molar-refractivity contribution < 1.29 is 9.59 Å². The van der Waals surface area contributed by atoms with E-state index in [1.54, 1.807) is 12.1 Å². The monoisotopic (exact) mass is 301 g/mol. The summed E-state index contributed by atoms with van der Waals surface area (Å²) < 4.78 is 0. The van der Waals surface area contributed by atoms with E-state index in [1.165, 1.54) is 0 Å². The van der Waals surface area contributed by atoms with Gasteiger partial charge in [-0.2, -0.15) is 0 Å². The molecule has 118 valence electrons. The maximum atomic E-state index is 12.1. The molecule has 2 aliphatic carbocycles. The fourth-order valence-corrected chi connectivity index (χ4v) is 3.41. The van der Waals surface area contributed by atoms with Crippen LogP contribution in [0.5, 0.6) is 0 Å². The summed E-state index contributed by atoms with van der Waals surface area (Å²) in [4.78, 5) is 28.6. The summed E-state index contributed by atoms with van der Waals surface area (Å²) in [6, 6.07) is 5.33. The van der Waals surface area contributed by atoms with Gasteiger partial charge in [-0.05, 0) is 37.8 Å². The molecule has 1 heterocycles. The van der Waals surface area contributed by atoms with E-state index in [1.807, 2.05) is 6.07 Å². The van der Waals surface area contributed by atoms with Crippen LogP contribution in [0.25, 0.3) is 0 Å². The van der Waals surface area contributed by atoms with Crippen molar-refractivity contribution in [1.29, 1.82) is 0 Å². The van der Waals surface area contributed by atoms with Gasteiger partial charge in [0, 0.05) is 11.8 Å². The van der Waals surface area contributed by atoms with Gasteiger partial charge in [-0.3, -0.25) is 9.59 Å². The number of anilines is 2. The van der Waals surface area contributed by atoms with E-state index in [0.717, 1.165) is 51.4 Å². The lowest BCUT2D eigenvalue weighted by molar-refractivity contribution is -0.120. The first-order valence-electron chi connectivity index (χ1n) is 8.31. The molecule has 0 saturated heterocycles. The predicted molar refractivity (Wildman–Crippen MR) is 85.4 cm³/mol. The van der Waals surface area contributed by atoms with Gasteiger partial charge in [0.25, 0.3) is 0 Å². The number of nitrogens with zero attached hydrogens (tertiary/aromatic N) is 1. The van der Waals surface area contributed by atoms with Gasteiger partial charge in [0.05, 0.1) is 0 Å². The fraction of sp³-hybridized carbons (Fsp3) is 0.588. The first kappa shape index (κ1) is 15.0. The van der Waals surface area contributed by atoms with Crippen LogP contribution in [0.15, 0.2) is 18.2 Å². The summed E-state index contributed by atoms with van der Waals surface area (Å²) in [5, 5.41) is 5.73. The molecule has 5 heteroatoms. The van der Waals surface area contributed by atoms with Gasteiger partial charge in [0.2, 0.25) is 11.8 Å². The summed E-state index contributed by atoms with van der Waals surface area (Å²) in [5.41, 5.74) is 0. The topological polar surface area (TPSA) is 71.1 Å². The molecule has 1 aromatic heterocycles. The molecule has 0 aromatic carbocycles. The van der Waals surface area contributed by atoms with Crippen molar-refractivity contribution in [3.05, 3.63) is 18.2 Å². The smallest absolute Gasteiger partial charge is 0.228 e. The zero-order valence-corrected chi connectivity index (χ0v) is 12.8. The molecule has 0 unspecified atom stereocenters. The Morgan fingerprint density at radius 1 is 0.818 bits per heavy atom. The van der Waals surface area contributed by atoms with Gasteiger partial charge in [-0.25, -0.2) is 4.98 Å². The van der Waals surface area contributed by atoms with E-state index in [2.05, 4.69) is 15.6 Å². The van der Waals surface area contributed by atoms with Gasteiger partial charge in [0.1, 0.15) is 11.6 Å². The van der Waals surface area contributed by atoms with Crippen molar-refractivity contribution in [3.63, 3.8) is 0 Å². The second-order valence-corrected chi connectivity index (χ2v) is 6.35. The molecule has 5 nitrogen and oxygen atoms in total. The van der Waals surface area contributed by atoms with Crippen molar-refractivity contribution in [1.82, 2.24) is 4.98 Å². The normalized spacial score (nSPS) is 19.3. The summed E-state index contributed by atoms with van der Waals surface area (Å²) in [5.74, 6) is 1.34. The zero-order chi connectivity index (χ0) is 15.4. The van der Waals surface area contributed by atoms with Crippen LogP contribution in [0.2, 0.25) is 0 Å². The Labute approximate surface area is 130 Å². The third-order valence-electron chi connectivity index (χ3n) is 4.70. The SMILES string of the molecule is O=C(Nc1cccc(NC(=O)C2CCCC2)n1)C1CCCC1. The Morgan fingerprint density at radius 3 is 1.64 bits per heavy atom. The van der Waals surface area contributed by atoms with Gasteiger partial charge in [-0.1, -0.05) is 31.7 Å². The summed E-state index contributed by atoms with van der Waals surface area (Å²) in [6.45, 7) is 0. The van der Waals surface area contributed by atoms with Crippen LogP contribution in [0.3, 0.4) is 0 Å². The number of carbonyl (C=O) groups is 2. The minimum absolute atomic E-state index is 0.0456. The van der Waals surface area contributed by atoms with E-state index < -0.39 is 0 Å². The second kappa shape index (κ2) is 6.90. The van der Waals surface area contributed by atoms with Crippen LogP contribution >= 0.6 is 0 Å². The number of carbonyl (C=O) groups excluding carboxylic acids is 2. The van der Waals surface area contributed by atoms with E-state index in [0.29, 0.717) is 11.6 Å². The molecule has 3 rings (SSSR count). The van der Waals surface area contributed by atoms with Crippen LogP contribution < -0.4 is 10.6 Å². The fourth-order valence-electron chi connectivity index (χ4n) is 3.41. The van der Waals surface area contributed by atoms with Crippen LogP contribution in [-0.4, -0.2) is 16.8 Å². The third-order valence-corrected chi connectivity index (χ3v) is 4.70. The van der Waals surface area contributed by atoms with Crippen molar-refractivity contribution in [2.45, 2.75) is 51.4 Å². The van der Waals surface area contributed by atoms with Crippen LogP contribution in [0.4, 0.5) is 11.6 Å². The predicted octanol–water partition coefficient (Wildman–Crippen LogP) is 3.34. The quantitative estimate of drug-likeness (QED) is 0.896. The third kappa shape index (κ3) is 3.64. The Morgan fingerprint density at radius 2 is 1.23 bits per heavy atom. The minimum Gasteiger partial charge on any atom is -0.310 e. The Kier molecular flexibility index (Phi) is 4.71. The molecule has 0 atom stereocenters. The van der Waals surface area contributed by atoms with Crippen molar-refractivity contribution >= 4 is 23.5 Å². The molecule has 0 aliphatic heterocycles. The van der Waals surface area contributed by atoms with Crippen molar-refractivity contribution in [2.75, 3.05) is 10.6 Å². The number of rotatable bonds is 4. The van der Waals surface area contributed by atoms with Crippen LogP contribution in [0.1, 0.15) is 51.4 Å². The standard InChI is InChI=1S/C17H23N3O2/c21-16(12-6-1-2-7-12)19-14-10-5-11-15(18-14)20-17(22)13-8-3-4-9-13/h5,10-13H,1-4,6-9H2,(H2,18,19,20,21,22). The molecular weight excluding hydrogens is 278 g/mol. The number of hydrogen-bond donors (Lipinski definition) is 2. The summed E-state index contributed by atoms with van der Waals surface area (Å²) in [7, 11) is 0. The average molecular weight is 301 g/mol. The number of nitrogens with one attached hydrogen (secondary N) is 2. The molecule has 0 bridgehead atoms. The van der Waals surface area contributed by atoms with E-state index in [4.69, 9.17) is 0 Å². The minimum atomic E-state index is 0.0456. The highest BCUT2D eigenvalue weighted by molar-refractivity contribution is 5.93. The van der Waals surface area contributed by atoms with Gasteiger partial charge >= 0.3 is 0 Å². The zero-order valence-electron chi connectivity index (χ0n) is 12.8. The Hall–Kier alpha value is -1.91. The molecule has 22 heavy (non-hydrogen) atoms. The molecule has 0 radical (unpaired) electrons. The van der Waals surface area contributed by atoms with Gasteiger partial charge in [0.15, 0.2) is 0 Å². The first-order chi connectivity index (χ1) is 10.7. The van der Waals surface area contributed by atoms with E-state index in [9.17, 15) is 9.59 Å². The van der Waals surface area contributed by atoms with E-state index >= 15 is 0 Å². The molecule has 1 aromatic rings. The number of hydrogen-bond acceptors (Lipinski definition) is 3. The molecule has 0 spiro atoms. The van der Waals surface area contributed by atoms with E-state index in [-0.39, 0.29) is 23.7 Å². The van der Waals surface area contributed by atoms with Gasteiger partial charge in [-0.15, -0.1) is 0 Å². The highest BCUT2D eigenvalue weighted by Crippen LogP contribution is 2.27. The summed E-state index contributed by atoms with van der Waals surface area (Å²) >= 11 is 0. The molecule has 2 saturated carbocycles. The van der Waals surface area contributed by atoms with Crippen LogP contribution in [0, 0.1) is 11.8 Å².